The van der Waals surface area contributed by atoms with Crippen LogP contribution in [0.1, 0.15) is 26.3 Å². The SMILES string of the molecule is COc1cccc(Br)c1C=N[S@](=O)C(C)(C)C. The maximum Gasteiger partial charge on any atom is 0.144 e. The van der Waals surface area contributed by atoms with Gasteiger partial charge in [-0.1, -0.05) is 6.07 Å². The molecule has 94 valence electrons. The van der Waals surface area contributed by atoms with Gasteiger partial charge >= 0.3 is 0 Å². The molecule has 0 aromatic heterocycles. The van der Waals surface area contributed by atoms with Crippen LogP contribution in [0.4, 0.5) is 0 Å². The molecule has 0 bridgehead atoms. The van der Waals surface area contributed by atoms with E-state index in [-0.39, 0.29) is 4.75 Å². The van der Waals surface area contributed by atoms with Crippen LogP contribution in [0.2, 0.25) is 0 Å². The predicted octanol–water partition coefficient (Wildman–Crippen LogP) is 3.34. The van der Waals surface area contributed by atoms with Crippen molar-refractivity contribution in [3.8, 4) is 5.75 Å². The molecule has 17 heavy (non-hydrogen) atoms. The van der Waals surface area contributed by atoms with Gasteiger partial charge < -0.3 is 4.74 Å². The lowest BCUT2D eigenvalue weighted by Crippen LogP contribution is -2.19. The first-order valence-corrected chi connectivity index (χ1v) is 7.05. The number of benzene rings is 1. The highest BCUT2D eigenvalue weighted by molar-refractivity contribution is 9.10. The van der Waals surface area contributed by atoms with Gasteiger partial charge in [0.2, 0.25) is 0 Å². The molecule has 0 aliphatic rings. The smallest absolute Gasteiger partial charge is 0.144 e. The minimum atomic E-state index is -1.26. The summed E-state index contributed by atoms with van der Waals surface area (Å²) in [7, 11) is 0.334. The van der Waals surface area contributed by atoms with E-state index in [1.807, 2.05) is 39.0 Å². The zero-order valence-corrected chi connectivity index (χ0v) is 12.8. The molecule has 1 rings (SSSR count). The van der Waals surface area contributed by atoms with Gasteiger partial charge in [-0.05, 0) is 48.8 Å². The zero-order chi connectivity index (χ0) is 13.1. The molecule has 0 aliphatic carbocycles. The summed E-state index contributed by atoms with van der Waals surface area (Å²) in [5, 5.41) is 0. The van der Waals surface area contributed by atoms with Crippen LogP contribution in [0, 0.1) is 0 Å². The van der Waals surface area contributed by atoms with Crippen LogP contribution in [0.25, 0.3) is 0 Å². The fourth-order valence-electron chi connectivity index (χ4n) is 1.08. The molecule has 0 radical (unpaired) electrons. The van der Waals surface area contributed by atoms with E-state index in [1.165, 1.54) is 0 Å². The van der Waals surface area contributed by atoms with Crippen molar-refractivity contribution in [2.75, 3.05) is 7.11 Å². The predicted molar refractivity (Wildman–Crippen MR) is 76.2 cm³/mol. The third kappa shape index (κ3) is 3.92. The van der Waals surface area contributed by atoms with Crippen LogP contribution in [-0.4, -0.2) is 22.3 Å². The van der Waals surface area contributed by atoms with Crippen LogP contribution in [0.3, 0.4) is 0 Å². The van der Waals surface area contributed by atoms with E-state index in [4.69, 9.17) is 4.74 Å². The highest BCUT2D eigenvalue weighted by Gasteiger charge is 2.18. The summed E-state index contributed by atoms with van der Waals surface area (Å²) < 4.78 is 21.6. The van der Waals surface area contributed by atoms with Crippen LogP contribution < -0.4 is 4.74 Å². The topological polar surface area (TPSA) is 38.7 Å². The largest absolute Gasteiger partial charge is 0.496 e. The van der Waals surface area contributed by atoms with Crippen molar-refractivity contribution in [1.82, 2.24) is 0 Å². The van der Waals surface area contributed by atoms with Crippen molar-refractivity contribution >= 4 is 33.1 Å². The van der Waals surface area contributed by atoms with Gasteiger partial charge in [0.25, 0.3) is 0 Å². The molecule has 1 aromatic rings. The van der Waals surface area contributed by atoms with Gasteiger partial charge in [-0.25, -0.2) is 4.21 Å². The van der Waals surface area contributed by atoms with Gasteiger partial charge in [-0.2, -0.15) is 4.40 Å². The summed E-state index contributed by atoms with van der Waals surface area (Å²) in [5.74, 6) is 0.703. The van der Waals surface area contributed by atoms with Crippen LogP contribution in [0.5, 0.6) is 5.75 Å². The monoisotopic (exact) mass is 317 g/mol. The molecule has 0 N–H and O–H groups in total. The van der Waals surface area contributed by atoms with E-state index in [0.29, 0.717) is 5.75 Å². The first-order chi connectivity index (χ1) is 7.86. The van der Waals surface area contributed by atoms with Gasteiger partial charge in [0.15, 0.2) is 0 Å². The van der Waals surface area contributed by atoms with Crippen molar-refractivity contribution in [3.63, 3.8) is 0 Å². The average molecular weight is 318 g/mol. The molecular formula is C12H16BrNO2S. The molecule has 3 nitrogen and oxygen atoms in total. The van der Waals surface area contributed by atoms with Gasteiger partial charge in [-0.15, -0.1) is 0 Å². The molecule has 0 saturated heterocycles. The standard InChI is InChI=1S/C12H16BrNO2S/c1-12(2,3)17(15)14-8-9-10(13)6-5-7-11(9)16-4/h5-8H,1-4H3/t17-/m1/s1. The van der Waals surface area contributed by atoms with Crippen molar-refractivity contribution in [2.24, 2.45) is 4.40 Å². The molecule has 0 aliphatic heterocycles. The Kier molecular flexibility index (Phi) is 4.89. The number of halogens is 1. The molecule has 0 fully saturated rings. The van der Waals surface area contributed by atoms with E-state index >= 15 is 0 Å². The zero-order valence-electron chi connectivity index (χ0n) is 10.4. The summed E-state index contributed by atoms with van der Waals surface area (Å²) in [6.45, 7) is 5.66. The van der Waals surface area contributed by atoms with Gasteiger partial charge in [0.05, 0.1) is 11.9 Å². The number of rotatable bonds is 3. The number of hydrogen-bond donors (Lipinski definition) is 0. The van der Waals surface area contributed by atoms with Crippen LogP contribution in [0.15, 0.2) is 27.1 Å². The van der Waals surface area contributed by atoms with E-state index in [9.17, 15) is 4.21 Å². The molecule has 0 heterocycles. The molecule has 1 aromatic carbocycles. The summed E-state index contributed by atoms with van der Waals surface area (Å²) in [5.41, 5.74) is 0.799. The van der Waals surface area contributed by atoms with Gasteiger partial charge in [0.1, 0.15) is 16.7 Å². The molecule has 0 spiro atoms. The Morgan fingerprint density at radius 3 is 2.59 bits per heavy atom. The van der Waals surface area contributed by atoms with Gasteiger partial charge in [-0.3, -0.25) is 0 Å². The van der Waals surface area contributed by atoms with Crippen molar-refractivity contribution in [2.45, 2.75) is 25.5 Å². The Balaban J connectivity index is 3.03. The maximum absolute atomic E-state index is 11.8. The molecule has 1 atom stereocenters. The quantitative estimate of drug-likeness (QED) is 0.802. The Bertz CT molecular complexity index is 452. The normalized spacial score (nSPS) is 13.9. The highest BCUT2D eigenvalue weighted by atomic mass is 79.9. The first kappa shape index (κ1) is 14.4. The Morgan fingerprint density at radius 2 is 2.06 bits per heavy atom. The summed E-state index contributed by atoms with van der Waals surface area (Å²) in [4.78, 5) is 0. The molecule has 0 saturated carbocycles. The van der Waals surface area contributed by atoms with E-state index in [0.717, 1.165) is 10.0 Å². The third-order valence-corrected chi connectivity index (χ3v) is 4.07. The second kappa shape index (κ2) is 5.78. The molecule has 0 amide bonds. The second-order valence-electron chi connectivity index (χ2n) is 4.45. The second-order valence-corrected chi connectivity index (χ2v) is 7.24. The lowest BCUT2D eigenvalue weighted by Gasteiger charge is -2.13. The fourth-order valence-corrected chi connectivity index (χ4v) is 2.05. The number of hydrogen-bond acceptors (Lipinski definition) is 2. The summed E-state index contributed by atoms with van der Waals surface area (Å²) >= 11 is 3.42. The Hall–Kier alpha value is -0.680. The minimum absolute atomic E-state index is 0.356. The van der Waals surface area contributed by atoms with Crippen LogP contribution >= 0.6 is 15.9 Å². The minimum Gasteiger partial charge on any atom is -0.496 e. The number of nitrogens with zero attached hydrogens (tertiary/aromatic N) is 1. The van der Waals surface area contributed by atoms with Crippen molar-refractivity contribution in [1.29, 1.82) is 0 Å². The van der Waals surface area contributed by atoms with E-state index in [1.54, 1.807) is 13.3 Å². The summed E-state index contributed by atoms with van der Waals surface area (Å²) in [6, 6.07) is 5.61. The highest BCUT2D eigenvalue weighted by Crippen LogP contribution is 2.25. The maximum atomic E-state index is 11.8. The Labute approximate surface area is 113 Å². The number of methoxy groups -OCH3 is 1. The lowest BCUT2D eigenvalue weighted by molar-refractivity contribution is 0.414. The van der Waals surface area contributed by atoms with E-state index in [2.05, 4.69) is 20.3 Å². The molecule has 0 unspecified atom stereocenters. The van der Waals surface area contributed by atoms with Gasteiger partial charge in [0, 0.05) is 16.3 Å². The van der Waals surface area contributed by atoms with E-state index < -0.39 is 11.0 Å². The molecule has 5 heteroatoms. The van der Waals surface area contributed by atoms with Crippen molar-refractivity contribution in [3.05, 3.63) is 28.2 Å². The third-order valence-electron chi connectivity index (χ3n) is 2.03. The first-order valence-electron chi connectivity index (χ1n) is 5.15. The Morgan fingerprint density at radius 1 is 1.41 bits per heavy atom. The summed E-state index contributed by atoms with van der Waals surface area (Å²) in [6.07, 6.45) is 1.59. The lowest BCUT2D eigenvalue weighted by atomic mass is 10.2. The fraction of sp³-hybridized carbons (Fsp3) is 0.417. The van der Waals surface area contributed by atoms with Crippen molar-refractivity contribution < 1.29 is 8.95 Å². The molecular weight excluding hydrogens is 302 g/mol. The number of ether oxygens (including phenoxy) is 1. The van der Waals surface area contributed by atoms with Crippen LogP contribution in [-0.2, 0) is 11.0 Å². The average Bonchev–Trinajstić information content (AvgIpc) is 2.25.